The molecule has 0 unspecified atom stereocenters. The van der Waals surface area contributed by atoms with E-state index in [0.29, 0.717) is 13.0 Å². The van der Waals surface area contributed by atoms with Gasteiger partial charge in [0.05, 0.1) is 20.6 Å². The largest absolute Gasteiger partial charge is 0.497 e. The van der Waals surface area contributed by atoms with Crippen LogP contribution in [0.3, 0.4) is 0 Å². The summed E-state index contributed by atoms with van der Waals surface area (Å²) in [6.45, 7) is 1.41. The predicted octanol–water partition coefficient (Wildman–Crippen LogP) is 2.45. The molecule has 5 heteroatoms. The summed E-state index contributed by atoms with van der Waals surface area (Å²) in [6.07, 6.45) is 0.397. The Bertz CT molecular complexity index is 409. The smallest absolute Gasteiger partial charge is 0.306 e. The van der Waals surface area contributed by atoms with E-state index in [0.717, 1.165) is 22.3 Å². The Morgan fingerprint density at radius 2 is 2.11 bits per heavy atom. The van der Waals surface area contributed by atoms with Gasteiger partial charge in [-0.05, 0) is 30.8 Å². The number of ether oxygens (including phenoxy) is 2. The first-order chi connectivity index (χ1) is 8.56. The maximum Gasteiger partial charge on any atom is 0.306 e. The van der Waals surface area contributed by atoms with Gasteiger partial charge in [0.25, 0.3) is 0 Å². The second kappa shape index (κ2) is 7.38. The first-order valence-electron chi connectivity index (χ1n) is 5.64. The number of carbonyl (C=O) groups is 1. The Hall–Kier alpha value is -1.07. The minimum atomic E-state index is -0.188. The lowest BCUT2D eigenvalue weighted by atomic mass is 10.2. The van der Waals surface area contributed by atoms with Crippen LogP contribution in [0.25, 0.3) is 0 Å². The minimum Gasteiger partial charge on any atom is -0.497 e. The third-order valence-electron chi connectivity index (χ3n) is 2.62. The van der Waals surface area contributed by atoms with E-state index in [-0.39, 0.29) is 5.97 Å². The molecule has 1 rings (SSSR count). The summed E-state index contributed by atoms with van der Waals surface area (Å²) >= 11 is 3.51. The lowest BCUT2D eigenvalue weighted by Gasteiger charge is -2.17. The van der Waals surface area contributed by atoms with E-state index in [4.69, 9.17) is 4.74 Å². The molecular formula is C13H18BrNO3. The van der Waals surface area contributed by atoms with Crippen LogP contribution in [-0.4, -0.2) is 38.7 Å². The van der Waals surface area contributed by atoms with Crippen molar-refractivity contribution in [3.8, 4) is 5.75 Å². The van der Waals surface area contributed by atoms with Crippen molar-refractivity contribution >= 4 is 21.9 Å². The van der Waals surface area contributed by atoms with E-state index in [9.17, 15) is 4.79 Å². The highest BCUT2D eigenvalue weighted by Crippen LogP contribution is 2.23. The topological polar surface area (TPSA) is 38.8 Å². The molecule has 0 aliphatic heterocycles. The fraction of sp³-hybridized carbons (Fsp3) is 0.462. The zero-order chi connectivity index (χ0) is 13.5. The molecule has 0 radical (unpaired) electrons. The number of rotatable bonds is 6. The summed E-state index contributed by atoms with van der Waals surface area (Å²) in [5.41, 5.74) is 1.13. The van der Waals surface area contributed by atoms with Gasteiger partial charge in [0.2, 0.25) is 0 Å². The zero-order valence-electron chi connectivity index (χ0n) is 10.9. The van der Waals surface area contributed by atoms with Gasteiger partial charge in [0.15, 0.2) is 0 Å². The highest BCUT2D eigenvalue weighted by Gasteiger charge is 2.08. The van der Waals surface area contributed by atoms with E-state index < -0.39 is 0 Å². The predicted molar refractivity (Wildman–Crippen MR) is 73.7 cm³/mol. The van der Waals surface area contributed by atoms with Crippen molar-refractivity contribution < 1.29 is 14.3 Å². The Balaban J connectivity index is 2.58. The number of halogens is 1. The number of nitrogens with zero attached hydrogens (tertiary/aromatic N) is 1. The van der Waals surface area contributed by atoms with Crippen LogP contribution in [-0.2, 0) is 16.1 Å². The van der Waals surface area contributed by atoms with Gasteiger partial charge in [0.1, 0.15) is 5.75 Å². The summed E-state index contributed by atoms with van der Waals surface area (Å²) in [6, 6.07) is 5.85. The van der Waals surface area contributed by atoms with Crippen LogP contribution in [0.2, 0.25) is 0 Å². The average Bonchev–Trinajstić information content (AvgIpc) is 2.38. The fourth-order valence-corrected chi connectivity index (χ4v) is 1.93. The average molecular weight is 316 g/mol. The van der Waals surface area contributed by atoms with Crippen molar-refractivity contribution in [3.05, 3.63) is 28.2 Å². The molecule has 100 valence electrons. The number of hydrogen-bond acceptors (Lipinski definition) is 4. The van der Waals surface area contributed by atoms with Gasteiger partial charge in [-0.3, -0.25) is 4.79 Å². The number of methoxy groups -OCH3 is 2. The summed E-state index contributed by atoms with van der Waals surface area (Å²) in [5.74, 6) is 0.640. The molecular weight excluding hydrogens is 298 g/mol. The second-order valence-corrected chi connectivity index (χ2v) is 4.88. The van der Waals surface area contributed by atoms with Gasteiger partial charge in [-0.25, -0.2) is 0 Å². The Morgan fingerprint density at radius 1 is 1.39 bits per heavy atom. The Labute approximate surface area is 116 Å². The number of esters is 1. The minimum absolute atomic E-state index is 0.188. The van der Waals surface area contributed by atoms with Crippen LogP contribution < -0.4 is 4.74 Å². The number of carbonyl (C=O) groups excluding carboxylic acids is 1. The molecule has 1 aromatic carbocycles. The second-order valence-electron chi connectivity index (χ2n) is 4.02. The standard InChI is InChI=1S/C13H18BrNO3/c1-15(7-6-13(16)18-3)9-10-8-11(17-2)4-5-12(10)14/h4-5,8H,6-7,9H2,1-3H3. The van der Waals surface area contributed by atoms with E-state index >= 15 is 0 Å². The summed E-state index contributed by atoms with van der Waals surface area (Å²) in [7, 11) is 5.02. The van der Waals surface area contributed by atoms with Crippen molar-refractivity contribution in [1.82, 2.24) is 4.90 Å². The van der Waals surface area contributed by atoms with E-state index in [1.165, 1.54) is 7.11 Å². The molecule has 0 saturated carbocycles. The molecule has 0 aliphatic rings. The van der Waals surface area contributed by atoms with Gasteiger partial charge >= 0.3 is 5.97 Å². The first-order valence-corrected chi connectivity index (χ1v) is 6.44. The van der Waals surface area contributed by atoms with Gasteiger partial charge < -0.3 is 14.4 Å². The molecule has 0 amide bonds. The highest BCUT2D eigenvalue weighted by molar-refractivity contribution is 9.10. The van der Waals surface area contributed by atoms with Gasteiger partial charge in [-0.15, -0.1) is 0 Å². The molecule has 0 bridgehead atoms. The summed E-state index contributed by atoms with van der Waals surface area (Å²) in [5, 5.41) is 0. The van der Waals surface area contributed by atoms with Crippen molar-refractivity contribution in [2.24, 2.45) is 0 Å². The third kappa shape index (κ3) is 4.66. The van der Waals surface area contributed by atoms with Crippen LogP contribution in [0, 0.1) is 0 Å². The van der Waals surface area contributed by atoms with Crippen molar-refractivity contribution in [2.75, 3.05) is 27.8 Å². The zero-order valence-corrected chi connectivity index (χ0v) is 12.5. The SMILES string of the molecule is COC(=O)CCN(C)Cc1cc(OC)ccc1Br. The van der Waals surface area contributed by atoms with E-state index in [1.54, 1.807) is 7.11 Å². The van der Waals surface area contributed by atoms with Crippen molar-refractivity contribution in [3.63, 3.8) is 0 Å². The maximum absolute atomic E-state index is 11.1. The van der Waals surface area contributed by atoms with Gasteiger partial charge in [0, 0.05) is 17.6 Å². The van der Waals surface area contributed by atoms with Crippen LogP contribution in [0.4, 0.5) is 0 Å². The Kier molecular flexibility index (Phi) is 6.15. The lowest BCUT2D eigenvalue weighted by Crippen LogP contribution is -2.22. The van der Waals surface area contributed by atoms with Gasteiger partial charge in [-0.1, -0.05) is 15.9 Å². The molecule has 0 saturated heterocycles. The monoisotopic (exact) mass is 315 g/mol. The maximum atomic E-state index is 11.1. The molecule has 0 atom stereocenters. The van der Waals surface area contributed by atoms with Crippen LogP contribution >= 0.6 is 15.9 Å². The molecule has 0 heterocycles. The highest BCUT2D eigenvalue weighted by atomic mass is 79.9. The van der Waals surface area contributed by atoms with Crippen LogP contribution in [0.1, 0.15) is 12.0 Å². The van der Waals surface area contributed by atoms with Crippen LogP contribution in [0.5, 0.6) is 5.75 Å². The quantitative estimate of drug-likeness (QED) is 0.756. The Morgan fingerprint density at radius 3 is 2.72 bits per heavy atom. The van der Waals surface area contributed by atoms with Gasteiger partial charge in [-0.2, -0.15) is 0 Å². The molecule has 0 spiro atoms. The van der Waals surface area contributed by atoms with Crippen molar-refractivity contribution in [2.45, 2.75) is 13.0 Å². The lowest BCUT2D eigenvalue weighted by molar-refractivity contribution is -0.140. The molecule has 0 aromatic heterocycles. The summed E-state index contributed by atoms with van der Waals surface area (Å²) < 4.78 is 10.8. The number of hydrogen-bond donors (Lipinski definition) is 0. The van der Waals surface area contributed by atoms with E-state index in [2.05, 4.69) is 25.6 Å². The third-order valence-corrected chi connectivity index (χ3v) is 3.39. The molecule has 4 nitrogen and oxygen atoms in total. The molecule has 0 N–H and O–H groups in total. The molecule has 0 fully saturated rings. The van der Waals surface area contributed by atoms with E-state index in [1.807, 2.05) is 25.2 Å². The normalized spacial score (nSPS) is 10.5. The van der Waals surface area contributed by atoms with Crippen molar-refractivity contribution in [1.29, 1.82) is 0 Å². The first kappa shape index (κ1) is 15.0. The number of benzene rings is 1. The fourth-order valence-electron chi connectivity index (χ4n) is 1.55. The molecule has 1 aromatic rings. The molecule has 18 heavy (non-hydrogen) atoms. The van der Waals surface area contributed by atoms with Crippen LogP contribution in [0.15, 0.2) is 22.7 Å². The summed E-state index contributed by atoms with van der Waals surface area (Å²) in [4.78, 5) is 13.1. The molecule has 0 aliphatic carbocycles.